The first-order chi connectivity index (χ1) is 15.1. The first-order valence-electron chi connectivity index (χ1n) is 13.4. The molecule has 0 bridgehead atoms. The van der Waals surface area contributed by atoms with E-state index in [-0.39, 0.29) is 6.10 Å². The van der Waals surface area contributed by atoms with Gasteiger partial charge in [-0.25, -0.2) is 0 Å². The number of rotatable bonds is 21. The summed E-state index contributed by atoms with van der Waals surface area (Å²) in [5.41, 5.74) is 0. The van der Waals surface area contributed by atoms with Crippen molar-refractivity contribution in [2.24, 2.45) is 0 Å². The molecule has 0 saturated heterocycles. The van der Waals surface area contributed by atoms with Gasteiger partial charge >= 0.3 is 161 Å². The van der Waals surface area contributed by atoms with E-state index in [0.717, 1.165) is 38.6 Å². The Kier molecular flexibility index (Phi) is 17.6. The van der Waals surface area contributed by atoms with Crippen LogP contribution in [0.1, 0.15) is 123 Å². The molecule has 1 aliphatic rings. The maximum absolute atomic E-state index is 10.7. The first-order valence-corrected chi connectivity index (χ1v) is 15.0. The van der Waals surface area contributed by atoms with Crippen LogP contribution in [0, 0.1) is 0 Å². The molecule has 0 aromatic rings. The molecule has 0 aromatic heterocycles. The van der Waals surface area contributed by atoms with Crippen LogP contribution in [0.25, 0.3) is 0 Å². The number of hydrogen-bond donors (Lipinski definition) is 1. The number of unbranched alkanes of at least 4 members (excludes halogenated alkanes) is 13. The van der Waals surface area contributed by atoms with Crippen molar-refractivity contribution in [2.75, 3.05) is 27.3 Å². The van der Waals surface area contributed by atoms with Gasteiger partial charge in [0.15, 0.2) is 0 Å². The molecule has 2 atom stereocenters. The minimum atomic E-state index is -3.52. The van der Waals surface area contributed by atoms with Crippen molar-refractivity contribution in [1.82, 2.24) is 4.90 Å². The van der Waals surface area contributed by atoms with Crippen molar-refractivity contribution in [3.8, 4) is 0 Å². The third kappa shape index (κ3) is 13.5. The van der Waals surface area contributed by atoms with E-state index in [1.165, 1.54) is 84.2 Å². The van der Waals surface area contributed by atoms with Crippen LogP contribution < -0.4 is 0 Å². The average Bonchev–Trinajstić information content (AvgIpc) is 3.23. The molecule has 1 rings (SSSR count). The first kappa shape index (κ1) is 29.3. The summed E-state index contributed by atoms with van der Waals surface area (Å²) in [7, 11) is 0.105. The van der Waals surface area contributed by atoms with E-state index in [2.05, 4.69) is 25.8 Å². The zero-order valence-electron chi connectivity index (χ0n) is 21.2. The molecule has 0 radical (unpaired) electrons. The van der Waals surface area contributed by atoms with E-state index in [1.54, 1.807) is 0 Å². The topological polar surface area (TPSA) is 51.2 Å². The van der Waals surface area contributed by atoms with Crippen LogP contribution in [0.15, 0.2) is 0 Å². The number of hydrogen-bond acceptors (Lipinski definition) is 5. The molecule has 1 fully saturated rings. The van der Waals surface area contributed by atoms with Crippen LogP contribution in [0.5, 0.6) is 0 Å². The zero-order chi connectivity index (χ0) is 22.8. The summed E-state index contributed by atoms with van der Waals surface area (Å²) in [6.07, 6.45) is 21.9. The Hall–Kier alpha value is 0.230. The van der Waals surface area contributed by atoms with Gasteiger partial charge in [-0.05, 0) is 0 Å². The Labute approximate surface area is 194 Å². The van der Waals surface area contributed by atoms with Gasteiger partial charge < -0.3 is 0 Å². The van der Waals surface area contributed by atoms with Crippen LogP contribution in [-0.2, 0) is 13.6 Å². The Morgan fingerprint density at radius 2 is 1.32 bits per heavy atom. The summed E-state index contributed by atoms with van der Waals surface area (Å²) < 4.78 is 17.1. The average molecular weight is 464 g/mol. The van der Waals surface area contributed by atoms with Gasteiger partial charge in [0.1, 0.15) is 0 Å². The van der Waals surface area contributed by atoms with Crippen molar-refractivity contribution in [2.45, 2.75) is 135 Å². The summed E-state index contributed by atoms with van der Waals surface area (Å²) in [4.78, 5) is 13.0. The molecule has 1 aliphatic carbocycles. The molecule has 1 N–H and O–H groups in total. The molecule has 0 heterocycles. The molecule has 0 aromatic carbocycles. The summed E-state index contributed by atoms with van der Waals surface area (Å²) in [6, 6.07) is 0.351. The van der Waals surface area contributed by atoms with E-state index in [1.807, 2.05) is 0 Å². The summed E-state index contributed by atoms with van der Waals surface area (Å²) in [5.74, 6) is 0. The van der Waals surface area contributed by atoms with Crippen molar-refractivity contribution in [1.29, 1.82) is 0 Å². The monoisotopic (exact) mass is 463 g/mol. The van der Waals surface area contributed by atoms with Gasteiger partial charge in [0.25, 0.3) is 0 Å². The van der Waals surface area contributed by atoms with E-state index >= 15 is 0 Å². The van der Waals surface area contributed by atoms with Crippen LogP contribution >= 0.6 is 8.17 Å². The van der Waals surface area contributed by atoms with Crippen LogP contribution in [-0.4, -0.2) is 49.2 Å². The third-order valence-corrected chi connectivity index (χ3v) is 8.51. The van der Waals surface area contributed by atoms with Crippen LogP contribution in [0.3, 0.4) is 0 Å². The fourth-order valence-corrected chi connectivity index (χ4v) is 5.95. The molecule has 5 nitrogen and oxygen atoms in total. The molecule has 1 saturated carbocycles. The SMILES string of the molecule is CCCCCCCCCCCCCCCCO[PH](O)(OC)O[C@H]1CCC[C@H]1N(C)CC. The molecule has 188 valence electrons. The van der Waals surface area contributed by atoms with E-state index in [0.29, 0.717) is 12.6 Å². The molecular formula is C25H54NO4P. The Balaban J connectivity index is 2.00. The van der Waals surface area contributed by atoms with E-state index in [9.17, 15) is 4.89 Å². The number of likely N-dealkylation sites (N-methyl/N-ethyl adjacent to an activating group) is 1. The van der Waals surface area contributed by atoms with Gasteiger partial charge in [0, 0.05) is 0 Å². The molecule has 0 spiro atoms. The molecule has 0 amide bonds. The predicted molar refractivity (Wildman–Crippen MR) is 135 cm³/mol. The summed E-state index contributed by atoms with van der Waals surface area (Å²) in [5, 5.41) is 0. The number of nitrogens with zero attached hydrogens (tertiary/aromatic N) is 1. The predicted octanol–water partition coefficient (Wildman–Crippen LogP) is 7.42. The molecule has 6 heteroatoms. The van der Waals surface area contributed by atoms with Gasteiger partial charge in [-0.3, -0.25) is 0 Å². The van der Waals surface area contributed by atoms with Crippen molar-refractivity contribution < 1.29 is 18.5 Å². The Morgan fingerprint density at radius 3 is 1.81 bits per heavy atom. The maximum atomic E-state index is 10.7. The van der Waals surface area contributed by atoms with Gasteiger partial charge in [-0.15, -0.1) is 0 Å². The molecule has 0 unspecified atom stereocenters. The normalized spacial score (nSPS) is 20.1. The Morgan fingerprint density at radius 1 is 0.806 bits per heavy atom. The third-order valence-electron chi connectivity index (χ3n) is 6.82. The van der Waals surface area contributed by atoms with Crippen LogP contribution in [0.2, 0.25) is 0 Å². The van der Waals surface area contributed by atoms with Crippen molar-refractivity contribution in [3.63, 3.8) is 0 Å². The van der Waals surface area contributed by atoms with Crippen molar-refractivity contribution >= 4 is 8.17 Å². The minimum absolute atomic E-state index is 0.0120. The summed E-state index contributed by atoms with van der Waals surface area (Å²) >= 11 is 0. The standard InChI is InChI=1S/C25H54NO4P/c1-5-7-8-9-10-11-12-13-14-15-16-17-18-19-23-29-31(27,28-4)30-25-22-20-21-24(25)26(3)6-2/h24-25,27,31H,5-23H2,1-4H3/t24-,25+/m1/s1. The van der Waals surface area contributed by atoms with Gasteiger partial charge in [-0.1, -0.05) is 32.6 Å². The van der Waals surface area contributed by atoms with Gasteiger partial charge in [0.2, 0.25) is 0 Å². The quantitative estimate of drug-likeness (QED) is 0.142. The second-order valence-corrected chi connectivity index (χ2v) is 11.4. The van der Waals surface area contributed by atoms with Crippen LogP contribution in [0.4, 0.5) is 0 Å². The summed E-state index contributed by atoms with van der Waals surface area (Å²) in [6.45, 7) is 5.94. The zero-order valence-corrected chi connectivity index (χ0v) is 22.2. The van der Waals surface area contributed by atoms with Crippen molar-refractivity contribution in [3.05, 3.63) is 0 Å². The molecular weight excluding hydrogens is 409 g/mol. The Bertz CT molecular complexity index is 415. The van der Waals surface area contributed by atoms with Gasteiger partial charge in [0.05, 0.1) is 0 Å². The van der Waals surface area contributed by atoms with E-state index < -0.39 is 8.17 Å². The second-order valence-electron chi connectivity index (χ2n) is 9.40. The fraction of sp³-hybridized carbons (Fsp3) is 1.00. The second kappa shape index (κ2) is 18.6. The van der Waals surface area contributed by atoms with Gasteiger partial charge in [-0.2, -0.15) is 0 Å². The molecule has 0 aliphatic heterocycles. The van der Waals surface area contributed by atoms with E-state index in [4.69, 9.17) is 13.6 Å². The fourth-order valence-electron chi connectivity index (χ4n) is 4.61. The molecule has 31 heavy (non-hydrogen) atoms.